The van der Waals surface area contributed by atoms with Gasteiger partial charge in [0.05, 0.1) is 11.6 Å². The van der Waals surface area contributed by atoms with Gasteiger partial charge in [-0.3, -0.25) is 4.79 Å². The second-order valence-corrected chi connectivity index (χ2v) is 7.77. The lowest BCUT2D eigenvalue weighted by atomic mass is 9.80. The molecule has 0 bridgehead atoms. The van der Waals surface area contributed by atoms with Gasteiger partial charge in [0.25, 0.3) is 0 Å². The van der Waals surface area contributed by atoms with Crippen LogP contribution in [-0.4, -0.2) is 41.2 Å². The van der Waals surface area contributed by atoms with Gasteiger partial charge in [-0.1, -0.05) is 0 Å². The van der Waals surface area contributed by atoms with Crippen molar-refractivity contribution in [3.05, 3.63) is 0 Å². The molecule has 1 aliphatic carbocycles. The first-order chi connectivity index (χ1) is 9.52. The molecule has 5 heteroatoms. The third-order valence-corrected chi connectivity index (χ3v) is 5.72. The monoisotopic (exact) mass is 300 g/mol. The molecule has 3 unspecified atom stereocenters. The van der Waals surface area contributed by atoms with Crippen molar-refractivity contribution in [3.63, 3.8) is 0 Å². The minimum atomic E-state index is -0.499. The van der Waals surface area contributed by atoms with Crippen molar-refractivity contribution in [3.8, 4) is 0 Å². The van der Waals surface area contributed by atoms with Gasteiger partial charge in [-0.05, 0) is 52.4 Å². The number of nitrogens with one attached hydrogen (secondary N) is 1. The molecule has 0 aromatic heterocycles. The normalized spacial score (nSPS) is 34.5. The number of ether oxygens (including phenoxy) is 1. The predicted molar refractivity (Wildman–Crippen MR) is 83.9 cm³/mol. The number of hydrogen-bond acceptors (Lipinski definition) is 4. The van der Waals surface area contributed by atoms with Crippen LogP contribution >= 0.6 is 11.8 Å². The number of carbonyl (C=O) groups excluding carboxylic acids is 1. The van der Waals surface area contributed by atoms with E-state index in [1.807, 2.05) is 11.8 Å². The van der Waals surface area contributed by atoms with E-state index in [1.54, 1.807) is 0 Å². The molecule has 1 saturated heterocycles. The zero-order chi connectivity index (χ0) is 14.6. The second-order valence-electron chi connectivity index (χ2n) is 6.43. The van der Waals surface area contributed by atoms with Crippen LogP contribution in [0.3, 0.4) is 0 Å². The highest BCUT2D eigenvalue weighted by molar-refractivity contribution is 7.99. The van der Waals surface area contributed by atoms with Gasteiger partial charge in [0.1, 0.15) is 0 Å². The zero-order valence-electron chi connectivity index (χ0n) is 12.7. The maximum Gasteiger partial charge on any atom is 0.237 e. The Morgan fingerprint density at radius 1 is 1.45 bits per heavy atom. The number of primary amides is 1. The Morgan fingerprint density at radius 3 is 2.85 bits per heavy atom. The van der Waals surface area contributed by atoms with Crippen LogP contribution in [0, 0.1) is 0 Å². The first kappa shape index (κ1) is 16.1. The molecule has 2 rings (SSSR count). The van der Waals surface area contributed by atoms with Crippen molar-refractivity contribution in [2.24, 2.45) is 5.73 Å². The molecular formula is C15H28N2O2S. The summed E-state index contributed by atoms with van der Waals surface area (Å²) in [6.07, 6.45) is 6.79. The Bertz CT molecular complexity index is 332. The average Bonchev–Trinajstić information content (AvgIpc) is 2.89. The smallest absolute Gasteiger partial charge is 0.237 e. The van der Waals surface area contributed by atoms with Crippen molar-refractivity contribution in [2.45, 2.75) is 75.3 Å². The van der Waals surface area contributed by atoms with E-state index in [2.05, 4.69) is 19.2 Å². The summed E-state index contributed by atoms with van der Waals surface area (Å²) in [5.41, 5.74) is 5.20. The highest BCUT2D eigenvalue weighted by Gasteiger charge is 2.41. The van der Waals surface area contributed by atoms with E-state index in [0.29, 0.717) is 11.4 Å². The maximum absolute atomic E-state index is 11.9. The van der Waals surface area contributed by atoms with E-state index in [1.165, 1.54) is 19.3 Å². The molecule has 1 heterocycles. The molecular weight excluding hydrogens is 272 g/mol. The molecule has 1 aliphatic heterocycles. The van der Waals surface area contributed by atoms with Gasteiger partial charge >= 0.3 is 0 Å². The summed E-state index contributed by atoms with van der Waals surface area (Å²) in [6, 6.07) is 0.282. The van der Waals surface area contributed by atoms with E-state index < -0.39 is 5.54 Å². The second kappa shape index (κ2) is 7.14. The van der Waals surface area contributed by atoms with Crippen LogP contribution in [-0.2, 0) is 9.53 Å². The van der Waals surface area contributed by atoms with Crippen molar-refractivity contribution in [2.75, 3.05) is 12.4 Å². The Labute approximate surface area is 126 Å². The largest absolute Gasteiger partial charge is 0.377 e. The average molecular weight is 300 g/mol. The highest BCUT2D eigenvalue weighted by atomic mass is 32.2. The Kier molecular flexibility index (Phi) is 5.75. The standard InChI is InChI=1S/C15H28N2O2S/c1-11(2)17-15(14(16)18)7-3-6-13(9-15)20-10-12-5-4-8-19-12/h11-13,17H,3-10H2,1-2H3,(H2,16,18). The van der Waals surface area contributed by atoms with Crippen molar-refractivity contribution >= 4 is 17.7 Å². The number of carbonyl (C=O) groups is 1. The number of nitrogens with two attached hydrogens (primary N) is 1. The summed E-state index contributed by atoms with van der Waals surface area (Å²) in [6.45, 7) is 5.07. The molecule has 0 spiro atoms. The van der Waals surface area contributed by atoms with Gasteiger partial charge in [0.15, 0.2) is 0 Å². The third kappa shape index (κ3) is 4.12. The lowest BCUT2D eigenvalue weighted by molar-refractivity contribution is -0.126. The molecule has 1 amide bonds. The molecule has 2 fully saturated rings. The van der Waals surface area contributed by atoms with Gasteiger partial charge in [-0.25, -0.2) is 0 Å². The summed E-state index contributed by atoms with van der Waals surface area (Å²) in [5, 5.41) is 3.95. The molecule has 3 N–H and O–H groups in total. The first-order valence-electron chi connectivity index (χ1n) is 7.83. The van der Waals surface area contributed by atoms with E-state index >= 15 is 0 Å². The molecule has 0 radical (unpaired) electrons. The molecule has 2 aliphatic rings. The lowest BCUT2D eigenvalue weighted by Crippen LogP contribution is -2.60. The minimum Gasteiger partial charge on any atom is -0.377 e. The van der Waals surface area contributed by atoms with Gasteiger partial charge in [-0.2, -0.15) is 11.8 Å². The summed E-state index contributed by atoms with van der Waals surface area (Å²) in [5.74, 6) is 0.870. The molecule has 1 saturated carbocycles. The summed E-state index contributed by atoms with van der Waals surface area (Å²) < 4.78 is 5.68. The first-order valence-corrected chi connectivity index (χ1v) is 8.87. The van der Waals surface area contributed by atoms with E-state index in [9.17, 15) is 4.79 Å². The van der Waals surface area contributed by atoms with Gasteiger partial charge in [0.2, 0.25) is 5.91 Å². The van der Waals surface area contributed by atoms with Crippen LogP contribution in [0.5, 0.6) is 0 Å². The minimum absolute atomic E-state index is 0.186. The molecule has 20 heavy (non-hydrogen) atoms. The predicted octanol–water partition coefficient (Wildman–Crippen LogP) is 2.06. The fraction of sp³-hybridized carbons (Fsp3) is 0.933. The Morgan fingerprint density at radius 2 is 2.25 bits per heavy atom. The fourth-order valence-electron chi connectivity index (χ4n) is 3.36. The summed E-state index contributed by atoms with van der Waals surface area (Å²) in [4.78, 5) is 11.9. The third-order valence-electron chi connectivity index (χ3n) is 4.28. The molecule has 4 nitrogen and oxygen atoms in total. The molecule has 3 atom stereocenters. The van der Waals surface area contributed by atoms with Crippen LogP contribution in [0.2, 0.25) is 0 Å². The summed E-state index contributed by atoms with van der Waals surface area (Å²) in [7, 11) is 0. The lowest BCUT2D eigenvalue weighted by Gasteiger charge is -2.40. The molecule has 116 valence electrons. The highest BCUT2D eigenvalue weighted by Crippen LogP contribution is 2.36. The van der Waals surface area contributed by atoms with Crippen molar-refractivity contribution in [1.82, 2.24) is 5.32 Å². The van der Waals surface area contributed by atoms with E-state index in [-0.39, 0.29) is 11.9 Å². The van der Waals surface area contributed by atoms with Gasteiger partial charge in [-0.15, -0.1) is 0 Å². The van der Waals surface area contributed by atoms with Crippen LogP contribution in [0.15, 0.2) is 0 Å². The van der Waals surface area contributed by atoms with E-state index in [4.69, 9.17) is 10.5 Å². The zero-order valence-corrected chi connectivity index (χ0v) is 13.5. The summed E-state index contributed by atoms with van der Waals surface area (Å²) >= 11 is 1.97. The quantitative estimate of drug-likeness (QED) is 0.788. The number of thioether (sulfide) groups is 1. The number of amides is 1. The van der Waals surface area contributed by atoms with Crippen molar-refractivity contribution < 1.29 is 9.53 Å². The van der Waals surface area contributed by atoms with Crippen LogP contribution in [0.1, 0.15) is 52.4 Å². The van der Waals surface area contributed by atoms with Gasteiger partial charge < -0.3 is 15.8 Å². The van der Waals surface area contributed by atoms with E-state index in [0.717, 1.165) is 31.6 Å². The van der Waals surface area contributed by atoms with Gasteiger partial charge in [0, 0.05) is 23.7 Å². The Hall–Kier alpha value is -0.260. The van der Waals surface area contributed by atoms with Crippen molar-refractivity contribution in [1.29, 1.82) is 0 Å². The maximum atomic E-state index is 11.9. The van der Waals surface area contributed by atoms with Crippen LogP contribution < -0.4 is 11.1 Å². The molecule has 0 aromatic carbocycles. The Balaban J connectivity index is 1.89. The SMILES string of the molecule is CC(C)NC1(C(N)=O)CCCC(SCC2CCCO2)C1. The fourth-order valence-corrected chi connectivity index (χ4v) is 4.85. The molecule has 0 aromatic rings. The number of rotatable bonds is 6. The topological polar surface area (TPSA) is 64.3 Å². The number of hydrogen-bond donors (Lipinski definition) is 2. The van der Waals surface area contributed by atoms with Crippen LogP contribution in [0.4, 0.5) is 0 Å². The van der Waals surface area contributed by atoms with Crippen LogP contribution in [0.25, 0.3) is 0 Å².